The number of amides is 1. The summed E-state index contributed by atoms with van der Waals surface area (Å²) in [4.78, 5) is 12.2. The maximum atomic E-state index is 12.2. The molecule has 2 rings (SSSR count). The van der Waals surface area contributed by atoms with Crippen LogP contribution in [0.1, 0.15) is 21.5 Å². The summed E-state index contributed by atoms with van der Waals surface area (Å²) in [5.74, 6) is -0.278. The highest BCUT2D eigenvalue weighted by Crippen LogP contribution is 2.18. The lowest BCUT2D eigenvalue weighted by molar-refractivity contribution is 0.0901. The Kier molecular flexibility index (Phi) is 6.55. The van der Waals surface area contributed by atoms with Crippen LogP contribution in [0.15, 0.2) is 48.5 Å². The van der Waals surface area contributed by atoms with Crippen molar-refractivity contribution in [3.8, 4) is 0 Å². The summed E-state index contributed by atoms with van der Waals surface area (Å²) in [6, 6.07) is 14.7. The van der Waals surface area contributed by atoms with Crippen molar-refractivity contribution in [3.63, 3.8) is 0 Å². The van der Waals surface area contributed by atoms with Gasteiger partial charge in [-0.05, 0) is 30.2 Å². The third-order valence-corrected chi connectivity index (χ3v) is 4.03. The van der Waals surface area contributed by atoms with Gasteiger partial charge in [0.25, 0.3) is 5.91 Å². The Balaban J connectivity index is 1.83. The summed E-state index contributed by atoms with van der Waals surface area (Å²) >= 11 is 0. The molecule has 2 N–H and O–H groups in total. The van der Waals surface area contributed by atoms with Crippen LogP contribution in [-0.4, -0.2) is 33.7 Å². The zero-order chi connectivity index (χ0) is 18.3. The standard InChI is InChI=1S/C18H22N2O4S/c1-14-8-9-16(12-17(14)20-25(2,22)23)18(21)19-10-11-24-13-15-6-4-3-5-7-15/h3-9,12,20H,10-11,13H2,1-2H3,(H,19,21). The van der Waals surface area contributed by atoms with Crippen LogP contribution in [-0.2, 0) is 21.4 Å². The molecule has 0 bridgehead atoms. The van der Waals surface area contributed by atoms with Gasteiger partial charge < -0.3 is 10.1 Å². The van der Waals surface area contributed by atoms with Gasteiger partial charge >= 0.3 is 0 Å². The van der Waals surface area contributed by atoms with Gasteiger partial charge in [-0.2, -0.15) is 0 Å². The molecule has 0 aliphatic heterocycles. The molecule has 25 heavy (non-hydrogen) atoms. The van der Waals surface area contributed by atoms with E-state index in [1.54, 1.807) is 19.1 Å². The van der Waals surface area contributed by atoms with Crippen LogP contribution in [0.4, 0.5) is 5.69 Å². The summed E-state index contributed by atoms with van der Waals surface area (Å²) in [6.45, 7) is 3.02. The van der Waals surface area contributed by atoms with E-state index >= 15 is 0 Å². The number of carbonyl (C=O) groups is 1. The minimum Gasteiger partial charge on any atom is -0.375 e. The van der Waals surface area contributed by atoms with Crippen LogP contribution >= 0.6 is 0 Å². The summed E-state index contributed by atoms with van der Waals surface area (Å²) in [7, 11) is -3.39. The smallest absolute Gasteiger partial charge is 0.251 e. The van der Waals surface area contributed by atoms with Gasteiger partial charge in [0, 0.05) is 12.1 Å². The van der Waals surface area contributed by atoms with Crippen molar-refractivity contribution in [2.75, 3.05) is 24.1 Å². The van der Waals surface area contributed by atoms with Crippen molar-refractivity contribution in [1.29, 1.82) is 0 Å². The Hall–Kier alpha value is -2.38. The van der Waals surface area contributed by atoms with Gasteiger partial charge in [-0.25, -0.2) is 8.42 Å². The van der Waals surface area contributed by atoms with Crippen LogP contribution in [0.3, 0.4) is 0 Å². The lowest BCUT2D eigenvalue weighted by Crippen LogP contribution is -2.27. The second-order valence-corrected chi connectivity index (χ2v) is 7.45. The molecule has 0 aliphatic carbocycles. The van der Waals surface area contributed by atoms with Crippen molar-refractivity contribution in [2.24, 2.45) is 0 Å². The molecule has 0 atom stereocenters. The molecule has 2 aromatic carbocycles. The number of nitrogens with one attached hydrogen (secondary N) is 2. The van der Waals surface area contributed by atoms with Crippen LogP contribution in [0.25, 0.3) is 0 Å². The largest absolute Gasteiger partial charge is 0.375 e. The summed E-state index contributed by atoms with van der Waals surface area (Å²) in [5, 5.41) is 2.75. The van der Waals surface area contributed by atoms with Crippen molar-refractivity contribution in [2.45, 2.75) is 13.5 Å². The van der Waals surface area contributed by atoms with Crippen LogP contribution < -0.4 is 10.0 Å². The number of rotatable bonds is 8. The first-order valence-electron chi connectivity index (χ1n) is 7.83. The molecule has 1 amide bonds. The van der Waals surface area contributed by atoms with Crippen molar-refractivity contribution in [3.05, 3.63) is 65.2 Å². The fraction of sp³-hybridized carbons (Fsp3) is 0.278. The molecule has 6 nitrogen and oxygen atoms in total. The quantitative estimate of drug-likeness (QED) is 0.706. The van der Waals surface area contributed by atoms with Gasteiger partial charge in [0.2, 0.25) is 10.0 Å². The Morgan fingerprint density at radius 3 is 2.52 bits per heavy atom. The number of sulfonamides is 1. The molecule has 0 fully saturated rings. The number of hydrogen-bond donors (Lipinski definition) is 2. The van der Waals surface area contributed by atoms with E-state index in [1.165, 1.54) is 6.07 Å². The average Bonchev–Trinajstić information content (AvgIpc) is 2.56. The van der Waals surface area contributed by atoms with E-state index in [1.807, 2.05) is 30.3 Å². The lowest BCUT2D eigenvalue weighted by Gasteiger charge is -2.11. The Labute approximate surface area is 148 Å². The van der Waals surface area contributed by atoms with Crippen LogP contribution in [0, 0.1) is 6.92 Å². The lowest BCUT2D eigenvalue weighted by atomic mass is 10.1. The fourth-order valence-electron chi connectivity index (χ4n) is 2.18. The average molecular weight is 362 g/mol. The molecule has 0 saturated carbocycles. The van der Waals surface area contributed by atoms with E-state index < -0.39 is 10.0 Å². The summed E-state index contributed by atoms with van der Waals surface area (Å²) < 4.78 is 30.6. The zero-order valence-electron chi connectivity index (χ0n) is 14.3. The number of ether oxygens (including phenoxy) is 1. The van der Waals surface area contributed by atoms with Gasteiger partial charge in [-0.15, -0.1) is 0 Å². The van der Waals surface area contributed by atoms with Gasteiger partial charge in [0.1, 0.15) is 0 Å². The molecular formula is C18H22N2O4S. The minimum atomic E-state index is -3.39. The third kappa shape index (κ3) is 6.56. The maximum absolute atomic E-state index is 12.2. The maximum Gasteiger partial charge on any atom is 0.251 e. The number of anilines is 1. The highest BCUT2D eigenvalue weighted by molar-refractivity contribution is 7.92. The topological polar surface area (TPSA) is 84.5 Å². The first-order chi connectivity index (χ1) is 11.8. The molecular weight excluding hydrogens is 340 g/mol. The van der Waals surface area contributed by atoms with Gasteiger partial charge in [-0.1, -0.05) is 36.4 Å². The van der Waals surface area contributed by atoms with E-state index in [0.717, 1.165) is 17.4 Å². The number of hydrogen-bond acceptors (Lipinski definition) is 4. The summed E-state index contributed by atoms with van der Waals surface area (Å²) in [6.07, 6.45) is 1.07. The molecule has 7 heteroatoms. The van der Waals surface area contributed by atoms with Crippen LogP contribution in [0.2, 0.25) is 0 Å². The fourth-order valence-corrected chi connectivity index (χ4v) is 2.80. The highest BCUT2D eigenvalue weighted by Gasteiger charge is 2.10. The molecule has 0 aromatic heterocycles. The Bertz CT molecular complexity index is 820. The molecule has 134 valence electrons. The first kappa shape index (κ1) is 19.0. The zero-order valence-corrected chi connectivity index (χ0v) is 15.1. The number of aryl methyl sites for hydroxylation is 1. The van der Waals surface area contributed by atoms with Gasteiger partial charge in [0.05, 0.1) is 25.2 Å². The predicted molar refractivity (Wildman–Crippen MR) is 98.1 cm³/mol. The molecule has 0 unspecified atom stereocenters. The molecule has 0 saturated heterocycles. The van der Waals surface area contributed by atoms with Gasteiger partial charge in [0.15, 0.2) is 0 Å². The molecule has 2 aromatic rings. The third-order valence-electron chi connectivity index (χ3n) is 3.44. The van der Waals surface area contributed by atoms with E-state index in [-0.39, 0.29) is 5.91 Å². The summed E-state index contributed by atoms with van der Waals surface area (Å²) in [5.41, 5.74) is 2.60. The van der Waals surface area contributed by atoms with Crippen molar-refractivity contribution < 1.29 is 17.9 Å². The van der Waals surface area contributed by atoms with E-state index in [9.17, 15) is 13.2 Å². The van der Waals surface area contributed by atoms with Crippen LogP contribution in [0.5, 0.6) is 0 Å². The predicted octanol–water partition coefficient (Wildman–Crippen LogP) is 2.31. The minimum absolute atomic E-state index is 0.278. The first-order valence-corrected chi connectivity index (χ1v) is 9.72. The SMILES string of the molecule is Cc1ccc(C(=O)NCCOCc2ccccc2)cc1NS(C)(=O)=O. The van der Waals surface area contributed by atoms with E-state index in [4.69, 9.17) is 4.74 Å². The van der Waals surface area contributed by atoms with E-state index in [2.05, 4.69) is 10.0 Å². The molecule has 0 radical (unpaired) electrons. The molecule has 0 heterocycles. The monoisotopic (exact) mass is 362 g/mol. The van der Waals surface area contributed by atoms with Crippen molar-refractivity contribution >= 4 is 21.6 Å². The van der Waals surface area contributed by atoms with Crippen molar-refractivity contribution in [1.82, 2.24) is 5.32 Å². The second kappa shape index (κ2) is 8.64. The number of benzene rings is 2. The Morgan fingerprint density at radius 1 is 1.12 bits per heavy atom. The Morgan fingerprint density at radius 2 is 1.84 bits per heavy atom. The molecule has 0 aliphatic rings. The van der Waals surface area contributed by atoms with E-state index in [0.29, 0.717) is 31.0 Å². The van der Waals surface area contributed by atoms with Gasteiger partial charge in [-0.3, -0.25) is 9.52 Å². The normalized spacial score (nSPS) is 11.1. The highest BCUT2D eigenvalue weighted by atomic mass is 32.2. The number of carbonyl (C=O) groups excluding carboxylic acids is 1. The molecule has 0 spiro atoms. The second-order valence-electron chi connectivity index (χ2n) is 5.70.